The molecule has 1 aromatic heterocycles. The van der Waals surface area contributed by atoms with E-state index in [1.807, 2.05) is 0 Å². The lowest BCUT2D eigenvalue weighted by molar-refractivity contribution is 0.103. The number of carbonyl (C=O) groups is 1. The Bertz CT molecular complexity index is 1150. The third-order valence-corrected chi connectivity index (χ3v) is 7.07. The number of benzene rings is 2. The summed E-state index contributed by atoms with van der Waals surface area (Å²) in [5.74, 6) is -0.440. The molecule has 0 atom stereocenters. The fourth-order valence-corrected chi connectivity index (χ4v) is 4.72. The molecule has 6 nitrogen and oxygen atoms in total. The summed E-state index contributed by atoms with van der Waals surface area (Å²) in [5.41, 5.74) is 0.840. The molecule has 0 radical (unpaired) electrons. The maximum atomic E-state index is 12.5. The minimum atomic E-state index is -3.85. The summed E-state index contributed by atoms with van der Waals surface area (Å²) >= 11 is 18.5. The number of thiazole rings is 1. The quantitative estimate of drug-likeness (QED) is 0.511. The molecule has 0 aliphatic carbocycles. The fraction of sp³-hybridized carbons (Fsp3) is 0.0588. The summed E-state index contributed by atoms with van der Waals surface area (Å²) in [6.45, 7) is 1.61. The summed E-state index contributed by atoms with van der Waals surface area (Å²) in [6, 6.07) is 10.4. The SMILES string of the molecule is Cc1nc(NS(=O)(=O)c2ccc(Cl)cc2)sc1C(=O)Nc1ccc(Cl)c(Cl)c1. The Kier molecular flexibility index (Phi) is 6.16. The molecule has 2 aromatic carbocycles. The van der Waals surface area contributed by atoms with E-state index in [4.69, 9.17) is 34.8 Å². The van der Waals surface area contributed by atoms with Crippen molar-refractivity contribution in [2.24, 2.45) is 0 Å². The van der Waals surface area contributed by atoms with Gasteiger partial charge in [-0.1, -0.05) is 46.1 Å². The molecule has 11 heteroatoms. The molecule has 1 heterocycles. The molecule has 0 unspecified atom stereocenters. The molecule has 3 rings (SSSR count). The zero-order valence-electron chi connectivity index (χ0n) is 14.2. The number of hydrogen-bond donors (Lipinski definition) is 2. The Morgan fingerprint density at radius 1 is 1.04 bits per heavy atom. The van der Waals surface area contributed by atoms with Gasteiger partial charge in [0.15, 0.2) is 5.13 Å². The van der Waals surface area contributed by atoms with Gasteiger partial charge in [0.25, 0.3) is 15.9 Å². The second kappa shape index (κ2) is 8.26. The highest BCUT2D eigenvalue weighted by Crippen LogP contribution is 2.28. The molecule has 0 saturated heterocycles. The number of halogens is 3. The van der Waals surface area contributed by atoms with Gasteiger partial charge in [0.1, 0.15) is 4.88 Å². The number of aromatic nitrogens is 1. The number of carbonyl (C=O) groups excluding carboxylic acids is 1. The molecule has 2 N–H and O–H groups in total. The first kappa shape index (κ1) is 20.9. The van der Waals surface area contributed by atoms with Crippen LogP contribution in [0.2, 0.25) is 15.1 Å². The average Bonchev–Trinajstić information content (AvgIpc) is 2.98. The molecule has 0 bridgehead atoms. The van der Waals surface area contributed by atoms with Gasteiger partial charge in [0.05, 0.1) is 20.6 Å². The van der Waals surface area contributed by atoms with Gasteiger partial charge in [-0.3, -0.25) is 9.52 Å². The fourth-order valence-electron chi connectivity index (χ4n) is 2.20. The molecule has 0 aliphatic rings. The van der Waals surface area contributed by atoms with Crippen LogP contribution in [0.25, 0.3) is 0 Å². The maximum absolute atomic E-state index is 12.5. The minimum absolute atomic E-state index is 0.0339. The van der Waals surface area contributed by atoms with Crippen LogP contribution in [0.5, 0.6) is 0 Å². The summed E-state index contributed by atoms with van der Waals surface area (Å²) in [4.78, 5) is 16.9. The van der Waals surface area contributed by atoms with Crippen LogP contribution in [-0.2, 0) is 10.0 Å². The van der Waals surface area contributed by atoms with Crippen molar-refractivity contribution in [1.29, 1.82) is 0 Å². The highest BCUT2D eigenvalue weighted by atomic mass is 35.5. The highest BCUT2D eigenvalue weighted by molar-refractivity contribution is 7.93. The molecule has 28 heavy (non-hydrogen) atoms. The van der Waals surface area contributed by atoms with E-state index >= 15 is 0 Å². The molecule has 0 fully saturated rings. The zero-order valence-corrected chi connectivity index (χ0v) is 18.1. The Morgan fingerprint density at radius 3 is 2.36 bits per heavy atom. The Labute approximate surface area is 180 Å². The third kappa shape index (κ3) is 4.76. The summed E-state index contributed by atoms with van der Waals surface area (Å²) in [6.07, 6.45) is 0. The Morgan fingerprint density at radius 2 is 1.71 bits per heavy atom. The van der Waals surface area contributed by atoms with Gasteiger partial charge < -0.3 is 5.32 Å². The van der Waals surface area contributed by atoms with Gasteiger partial charge in [0, 0.05) is 10.7 Å². The van der Waals surface area contributed by atoms with E-state index in [2.05, 4.69) is 15.0 Å². The summed E-state index contributed by atoms with van der Waals surface area (Å²) < 4.78 is 27.3. The van der Waals surface area contributed by atoms with Crippen LogP contribution in [0.15, 0.2) is 47.4 Å². The van der Waals surface area contributed by atoms with Gasteiger partial charge in [-0.05, 0) is 49.4 Å². The van der Waals surface area contributed by atoms with Crippen LogP contribution in [-0.4, -0.2) is 19.3 Å². The van der Waals surface area contributed by atoms with Crippen molar-refractivity contribution in [2.75, 3.05) is 10.0 Å². The Hall–Kier alpha value is -1.84. The average molecular weight is 477 g/mol. The summed E-state index contributed by atoms with van der Waals surface area (Å²) in [7, 11) is -3.85. The number of anilines is 2. The predicted octanol–water partition coefficient (Wildman–Crippen LogP) is 5.46. The molecular weight excluding hydrogens is 465 g/mol. The molecule has 0 saturated carbocycles. The lowest BCUT2D eigenvalue weighted by Crippen LogP contribution is -2.12. The van der Waals surface area contributed by atoms with E-state index in [9.17, 15) is 13.2 Å². The van der Waals surface area contributed by atoms with Crippen molar-refractivity contribution < 1.29 is 13.2 Å². The van der Waals surface area contributed by atoms with Crippen LogP contribution in [0, 0.1) is 6.92 Å². The van der Waals surface area contributed by atoms with Crippen LogP contribution < -0.4 is 10.0 Å². The number of rotatable bonds is 5. The van der Waals surface area contributed by atoms with Crippen molar-refractivity contribution in [3.63, 3.8) is 0 Å². The van der Waals surface area contributed by atoms with Gasteiger partial charge in [-0.2, -0.15) is 0 Å². The summed E-state index contributed by atoms with van der Waals surface area (Å²) in [5, 5.41) is 3.85. The van der Waals surface area contributed by atoms with Crippen LogP contribution in [0.3, 0.4) is 0 Å². The Balaban J connectivity index is 1.79. The van der Waals surface area contributed by atoms with Gasteiger partial charge >= 0.3 is 0 Å². The lowest BCUT2D eigenvalue weighted by Gasteiger charge is -2.05. The molecule has 146 valence electrons. The molecule has 3 aromatic rings. The standard InChI is InChI=1S/C17H12Cl3N3O3S2/c1-9-15(16(24)22-11-4-7-13(19)14(20)8-11)27-17(21-9)23-28(25,26)12-5-2-10(18)3-6-12/h2-8H,1H3,(H,21,23)(H,22,24). The van der Waals surface area contributed by atoms with E-state index in [0.29, 0.717) is 26.4 Å². The van der Waals surface area contributed by atoms with Gasteiger partial charge in [-0.15, -0.1) is 0 Å². The molecule has 0 spiro atoms. The van der Waals surface area contributed by atoms with Crippen molar-refractivity contribution in [3.05, 3.63) is 68.1 Å². The number of nitrogens with zero attached hydrogens (tertiary/aromatic N) is 1. The van der Waals surface area contributed by atoms with Crippen LogP contribution in [0.4, 0.5) is 10.8 Å². The second-order valence-electron chi connectivity index (χ2n) is 5.58. The van der Waals surface area contributed by atoms with E-state index in [-0.39, 0.29) is 14.9 Å². The first-order chi connectivity index (χ1) is 13.2. The number of aryl methyl sites for hydroxylation is 1. The minimum Gasteiger partial charge on any atom is -0.321 e. The molecule has 0 aliphatic heterocycles. The number of nitrogens with one attached hydrogen (secondary N) is 2. The van der Waals surface area contributed by atoms with Crippen LogP contribution >= 0.6 is 46.1 Å². The largest absolute Gasteiger partial charge is 0.321 e. The highest BCUT2D eigenvalue weighted by Gasteiger charge is 2.20. The normalized spacial score (nSPS) is 11.3. The van der Waals surface area contributed by atoms with E-state index in [0.717, 1.165) is 11.3 Å². The van der Waals surface area contributed by atoms with Crippen LogP contribution in [0.1, 0.15) is 15.4 Å². The monoisotopic (exact) mass is 475 g/mol. The smallest absolute Gasteiger partial charge is 0.267 e. The van der Waals surface area contributed by atoms with E-state index in [1.54, 1.807) is 19.1 Å². The third-order valence-electron chi connectivity index (χ3n) is 3.53. The van der Waals surface area contributed by atoms with E-state index in [1.165, 1.54) is 30.3 Å². The lowest BCUT2D eigenvalue weighted by atomic mass is 10.3. The second-order valence-corrected chi connectivity index (χ2v) is 9.51. The number of hydrogen-bond acceptors (Lipinski definition) is 5. The number of amides is 1. The predicted molar refractivity (Wildman–Crippen MR) is 114 cm³/mol. The maximum Gasteiger partial charge on any atom is 0.267 e. The van der Waals surface area contributed by atoms with Crippen molar-refractivity contribution in [1.82, 2.24) is 4.98 Å². The number of sulfonamides is 1. The first-order valence-electron chi connectivity index (χ1n) is 7.68. The first-order valence-corrected chi connectivity index (χ1v) is 11.1. The van der Waals surface area contributed by atoms with Crippen molar-refractivity contribution >= 4 is 72.9 Å². The topological polar surface area (TPSA) is 88.2 Å². The van der Waals surface area contributed by atoms with Crippen molar-refractivity contribution in [2.45, 2.75) is 11.8 Å². The molecular formula is C17H12Cl3N3O3S2. The zero-order chi connectivity index (χ0) is 20.5. The van der Waals surface area contributed by atoms with Gasteiger partial charge in [-0.25, -0.2) is 13.4 Å². The van der Waals surface area contributed by atoms with E-state index < -0.39 is 15.9 Å². The molecule has 1 amide bonds. The van der Waals surface area contributed by atoms with Gasteiger partial charge in [0.2, 0.25) is 0 Å². The van der Waals surface area contributed by atoms with Crippen molar-refractivity contribution in [3.8, 4) is 0 Å².